The number of carboxylic acid groups (broad SMARTS) is 1. The van der Waals surface area contributed by atoms with Crippen molar-refractivity contribution in [3.63, 3.8) is 0 Å². The van der Waals surface area contributed by atoms with Crippen LogP contribution < -0.4 is 9.64 Å². The largest absolute Gasteiger partial charge is 0.512 e. The summed E-state index contributed by atoms with van der Waals surface area (Å²) in [6, 6.07) is 14.0. The van der Waals surface area contributed by atoms with Gasteiger partial charge in [-0.1, -0.05) is 47.2 Å². The third-order valence-electron chi connectivity index (χ3n) is 4.54. The van der Waals surface area contributed by atoms with Crippen LogP contribution in [0.3, 0.4) is 0 Å². The van der Waals surface area contributed by atoms with Crippen LogP contribution in [-0.2, 0) is 0 Å². The van der Waals surface area contributed by atoms with E-state index in [0.717, 1.165) is 32.9 Å². The van der Waals surface area contributed by atoms with Crippen LogP contribution in [0.15, 0.2) is 48.5 Å². The fraction of sp³-hybridized carbons (Fsp3) is 0.217. The molecule has 0 unspecified atom stereocenters. The predicted molar refractivity (Wildman–Crippen MR) is 118 cm³/mol. The average molecular weight is 426 g/mol. The minimum absolute atomic E-state index is 0.104. The number of hydrogen-bond donors (Lipinski definition) is 2. The number of aryl methyl sites for hydroxylation is 2. The Morgan fingerprint density at radius 3 is 2.33 bits per heavy atom. The van der Waals surface area contributed by atoms with E-state index in [1.165, 1.54) is 11.0 Å². The van der Waals surface area contributed by atoms with Gasteiger partial charge >= 0.3 is 6.16 Å². The summed E-state index contributed by atoms with van der Waals surface area (Å²) in [6.45, 7) is 7.42. The average Bonchev–Trinajstić information content (AvgIpc) is 3.04. The maximum absolute atomic E-state index is 13.3. The molecule has 2 N–H and O–H groups in total. The van der Waals surface area contributed by atoms with Crippen LogP contribution in [0.25, 0.3) is 10.4 Å². The van der Waals surface area contributed by atoms with Crippen LogP contribution in [-0.4, -0.2) is 28.3 Å². The van der Waals surface area contributed by atoms with Gasteiger partial charge in [-0.05, 0) is 57.0 Å². The van der Waals surface area contributed by atoms with E-state index >= 15 is 0 Å². The van der Waals surface area contributed by atoms with Crippen molar-refractivity contribution in [2.75, 3.05) is 4.90 Å². The first-order valence-electron chi connectivity index (χ1n) is 9.42. The van der Waals surface area contributed by atoms with Crippen LogP contribution in [0.4, 0.5) is 10.5 Å². The van der Waals surface area contributed by atoms with Gasteiger partial charge in [-0.2, -0.15) is 0 Å². The third kappa shape index (κ3) is 4.46. The molecule has 0 saturated carbocycles. The Kier molecular flexibility index (Phi) is 6.12. The van der Waals surface area contributed by atoms with E-state index in [0.29, 0.717) is 5.69 Å². The molecule has 30 heavy (non-hydrogen) atoms. The molecule has 0 aliphatic carbocycles. The number of carbonyl (C=O) groups is 2. The Labute approximate surface area is 179 Å². The van der Waals surface area contributed by atoms with E-state index in [1.54, 1.807) is 18.2 Å². The van der Waals surface area contributed by atoms with Crippen molar-refractivity contribution in [3.05, 3.63) is 65.2 Å². The SMILES string of the molecule is Cc1cccc(-c2cc(N(C(=O)c3ccc(C)cc3O)C(C)C)c(OC(=O)O)s2)c1. The molecule has 3 rings (SSSR count). The number of aromatic hydroxyl groups is 1. The molecule has 1 aromatic heterocycles. The van der Waals surface area contributed by atoms with Crippen LogP contribution in [0.2, 0.25) is 0 Å². The summed E-state index contributed by atoms with van der Waals surface area (Å²) in [7, 11) is 0. The number of amides is 1. The number of benzene rings is 2. The van der Waals surface area contributed by atoms with Crippen molar-refractivity contribution in [2.45, 2.75) is 33.7 Å². The molecule has 0 bridgehead atoms. The van der Waals surface area contributed by atoms with Gasteiger partial charge in [0.15, 0.2) is 0 Å². The Hall–Kier alpha value is -3.32. The molecule has 3 aromatic rings. The third-order valence-corrected chi connectivity index (χ3v) is 5.59. The summed E-state index contributed by atoms with van der Waals surface area (Å²) in [5, 5.41) is 19.6. The summed E-state index contributed by atoms with van der Waals surface area (Å²) >= 11 is 1.16. The monoisotopic (exact) mass is 425 g/mol. The van der Waals surface area contributed by atoms with E-state index < -0.39 is 12.1 Å². The highest BCUT2D eigenvalue weighted by Crippen LogP contribution is 2.44. The molecule has 0 fully saturated rings. The number of phenols is 1. The topological polar surface area (TPSA) is 87.1 Å². The highest BCUT2D eigenvalue weighted by atomic mass is 32.1. The van der Waals surface area contributed by atoms with Gasteiger partial charge in [0.05, 0.1) is 11.3 Å². The van der Waals surface area contributed by atoms with Crippen LogP contribution in [0, 0.1) is 13.8 Å². The Morgan fingerprint density at radius 2 is 1.73 bits per heavy atom. The van der Waals surface area contributed by atoms with Crippen molar-refractivity contribution in [3.8, 4) is 21.3 Å². The standard InChI is InChI=1S/C23H23NO5S/c1-13(2)24(21(26)17-9-8-15(4)11-19(17)25)18-12-20(30-22(18)29-23(27)28)16-7-5-6-14(3)10-16/h5-13,25H,1-4H3,(H,27,28). The number of hydrogen-bond acceptors (Lipinski definition) is 5. The Balaban J connectivity index is 2.13. The van der Waals surface area contributed by atoms with Gasteiger partial charge in [-0.3, -0.25) is 4.79 Å². The lowest BCUT2D eigenvalue weighted by atomic mass is 10.1. The maximum atomic E-state index is 13.3. The summed E-state index contributed by atoms with van der Waals surface area (Å²) in [5.41, 5.74) is 3.27. The van der Waals surface area contributed by atoms with Gasteiger partial charge in [0.25, 0.3) is 5.91 Å². The molecule has 1 heterocycles. The van der Waals surface area contributed by atoms with Gasteiger partial charge in [0.2, 0.25) is 5.06 Å². The van der Waals surface area contributed by atoms with Crippen molar-refractivity contribution in [1.29, 1.82) is 0 Å². The number of ether oxygens (including phenoxy) is 1. The molecular weight excluding hydrogens is 402 g/mol. The molecule has 0 spiro atoms. The van der Waals surface area contributed by atoms with E-state index in [-0.39, 0.29) is 22.4 Å². The number of rotatable bonds is 5. The molecule has 0 saturated heterocycles. The Morgan fingerprint density at radius 1 is 1.03 bits per heavy atom. The molecule has 0 aliphatic rings. The first-order chi connectivity index (χ1) is 14.2. The van der Waals surface area contributed by atoms with Crippen molar-refractivity contribution >= 4 is 29.1 Å². The zero-order chi connectivity index (χ0) is 22.0. The quantitative estimate of drug-likeness (QED) is 0.501. The predicted octanol–water partition coefficient (Wildman–Crippen LogP) is 5.85. The van der Waals surface area contributed by atoms with Gasteiger partial charge in [-0.25, -0.2) is 4.79 Å². The molecule has 156 valence electrons. The first kappa shape index (κ1) is 21.4. The Bertz CT molecular complexity index is 1100. The van der Waals surface area contributed by atoms with Crippen molar-refractivity contribution < 1.29 is 24.5 Å². The number of nitrogens with zero attached hydrogens (tertiary/aromatic N) is 1. The summed E-state index contributed by atoms with van der Waals surface area (Å²) in [6.07, 6.45) is -1.46. The van der Waals surface area contributed by atoms with Crippen molar-refractivity contribution in [2.24, 2.45) is 0 Å². The number of thiophene rings is 1. The number of phenolic OH excluding ortho intramolecular Hbond substituents is 1. The fourth-order valence-corrected chi connectivity index (χ4v) is 4.19. The molecule has 6 nitrogen and oxygen atoms in total. The van der Waals surface area contributed by atoms with Gasteiger partial charge in [0, 0.05) is 10.9 Å². The molecule has 2 aromatic carbocycles. The van der Waals surface area contributed by atoms with E-state index in [9.17, 15) is 19.8 Å². The number of anilines is 1. The van der Waals surface area contributed by atoms with Crippen LogP contribution in [0.5, 0.6) is 10.8 Å². The molecule has 7 heteroatoms. The maximum Gasteiger partial charge on any atom is 0.512 e. The van der Waals surface area contributed by atoms with E-state index in [4.69, 9.17) is 4.74 Å². The van der Waals surface area contributed by atoms with Gasteiger partial charge in [0.1, 0.15) is 5.75 Å². The lowest BCUT2D eigenvalue weighted by molar-refractivity contribution is 0.0975. The first-order valence-corrected chi connectivity index (χ1v) is 10.2. The lowest BCUT2D eigenvalue weighted by Crippen LogP contribution is -2.37. The zero-order valence-electron chi connectivity index (χ0n) is 17.2. The van der Waals surface area contributed by atoms with E-state index in [2.05, 4.69) is 0 Å². The van der Waals surface area contributed by atoms with Crippen LogP contribution in [0.1, 0.15) is 35.3 Å². The summed E-state index contributed by atoms with van der Waals surface area (Å²) in [4.78, 5) is 26.8. The minimum atomic E-state index is -1.46. The summed E-state index contributed by atoms with van der Waals surface area (Å²) in [5.74, 6) is -0.563. The highest BCUT2D eigenvalue weighted by Gasteiger charge is 2.29. The second-order valence-corrected chi connectivity index (χ2v) is 8.33. The minimum Gasteiger partial charge on any atom is -0.507 e. The second kappa shape index (κ2) is 8.59. The van der Waals surface area contributed by atoms with Crippen LogP contribution >= 0.6 is 11.3 Å². The van der Waals surface area contributed by atoms with Gasteiger partial charge < -0.3 is 19.8 Å². The summed E-state index contributed by atoms with van der Waals surface area (Å²) < 4.78 is 5.02. The molecular formula is C23H23NO5S. The normalized spacial score (nSPS) is 10.8. The van der Waals surface area contributed by atoms with Crippen molar-refractivity contribution in [1.82, 2.24) is 0 Å². The molecule has 0 atom stereocenters. The number of carbonyl (C=O) groups excluding carboxylic acids is 1. The zero-order valence-corrected chi connectivity index (χ0v) is 18.0. The smallest absolute Gasteiger partial charge is 0.507 e. The van der Waals surface area contributed by atoms with Gasteiger partial charge in [-0.15, -0.1) is 0 Å². The molecule has 0 aliphatic heterocycles. The van der Waals surface area contributed by atoms with E-state index in [1.807, 2.05) is 52.0 Å². The lowest BCUT2D eigenvalue weighted by Gasteiger charge is -2.27. The highest BCUT2D eigenvalue weighted by molar-refractivity contribution is 7.18. The molecule has 1 amide bonds. The fourth-order valence-electron chi connectivity index (χ4n) is 3.20. The molecule has 0 radical (unpaired) electrons. The second-order valence-electron chi connectivity index (χ2n) is 7.31.